The molecule has 0 saturated heterocycles. The molecule has 0 aliphatic carbocycles. The number of hydrogen-bond acceptors (Lipinski definition) is 1. The van der Waals surface area contributed by atoms with Crippen LogP contribution in [0.5, 0.6) is 0 Å². The van der Waals surface area contributed by atoms with E-state index >= 15 is 0 Å². The standard InChI is InChI=1S/C13H15NO/c1-13(2,3)11-6-4-5-10(9-11)7-8-12(14)15/h4-6,9H,1-3H3,(H2,14,15). The highest BCUT2D eigenvalue weighted by molar-refractivity contribution is 5.92. The fourth-order valence-electron chi connectivity index (χ4n) is 1.20. The number of primary amides is 1. The van der Waals surface area contributed by atoms with E-state index in [1.807, 2.05) is 18.2 Å². The molecule has 1 aromatic carbocycles. The van der Waals surface area contributed by atoms with Crippen LogP contribution >= 0.6 is 0 Å². The first-order chi connectivity index (χ1) is 6.89. The van der Waals surface area contributed by atoms with Crippen LogP contribution in [-0.4, -0.2) is 5.91 Å². The first kappa shape index (κ1) is 11.3. The highest BCUT2D eigenvalue weighted by Crippen LogP contribution is 2.22. The lowest BCUT2D eigenvalue weighted by atomic mass is 9.86. The first-order valence-corrected chi connectivity index (χ1v) is 4.81. The fourth-order valence-corrected chi connectivity index (χ4v) is 1.20. The third-order valence-corrected chi connectivity index (χ3v) is 2.06. The van der Waals surface area contributed by atoms with Gasteiger partial charge in [-0.2, -0.15) is 0 Å². The van der Waals surface area contributed by atoms with Crippen molar-refractivity contribution in [1.29, 1.82) is 0 Å². The van der Waals surface area contributed by atoms with Crippen molar-refractivity contribution in [2.24, 2.45) is 5.73 Å². The van der Waals surface area contributed by atoms with Gasteiger partial charge >= 0.3 is 0 Å². The average Bonchev–Trinajstić information content (AvgIpc) is 2.14. The van der Waals surface area contributed by atoms with Gasteiger partial charge in [0.2, 0.25) is 0 Å². The van der Waals surface area contributed by atoms with Gasteiger partial charge in [-0.3, -0.25) is 4.79 Å². The monoisotopic (exact) mass is 201 g/mol. The van der Waals surface area contributed by atoms with E-state index in [1.165, 1.54) is 5.56 Å². The maximum absolute atomic E-state index is 10.5. The predicted octanol–water partition coefficient (Wildman–Crippen LogP) is 1.82. The molecule has 0 radical (unpaired) electrons. The summed E-state index contributed by atoms with van der Waals surface area (Å²) in [5.74, 6) is 4.46. The third-order valence-electron chi connectivity index (χ3n) is 2.06. The number of benzene rings is 1. The van der Waals surface area contributed by atoms with Gasteiger partial charge in [0.1, 0.15) is 0 Å². The lowest BCUT2D eigenvalue weighted by Crippen LogP contribution is -2.11. The van der Waals surface area contributed by atoms with Crippen molar-refractivity contribution in [3.8, 4) is 11.8 Å². The van der Waals surface area contributed by atoms with Crippen LogP contribution in [0.15, 0.2) is 24.3 Å². The quantitative estimate of drug-likeness (QED) is 0.639. The second kappa shape index (κ2) is 4.18. The summed E-state index contributed by atoms with van der Waals surface area (Å²) in [7, 11) is 0. The minimum absolute atomic E-state index is 0.0877. The molecule has 2 heteroatoms. The lowest BCUT2D eigenvalue weighted by Gasteiger charge is -2.18. The molecule has 1 rings (SSSR count). The van der Waals surface area contributed by atoms with E-state index in [9.17, 15) is 4.79 Å². The van der Waals surface area contributed by atoms with Crippen molar-refractivity contribution in [3.63, 3.8) is 0 Å². The Kier molecular flexibility index (Phi) is 3.16. The van der Waals surface area contributed by atoms with Crippen LogP contribution in [0.1, 0.15) is 31.9 Å². The van der Waals surface area contributed by atoms with Crippen molar-refractivity contribution >= 4 is 5.91 Å². The summed E-state index contributed by atoms with van der Waals surface area (Å²) in [5, 5.41) is 0. The third kappa shape index (κ3) is 3.47. The van der Waals surface area contributed by atoms with Crippen molar-refractivity contribution in [2.75, 3.05) is 0 Å². The molecule has 0 aromatic heterocycles. The second-order valence-corrected chi connectivity index (χ2v) is 4.45. The Morgan fingerprint density at radius 2 is 2.00 bits per heavy atom. The van der Waals surface area contributed by atoms with Crippen molar-refractivity contribution in [3.05, 3.63) is 35.4 Å². The molecule has 0 bridgehead atoms. The van der Waals surface area contributed by atoms with Crippen LogP contribution in [0, 0.1) is 11.8 Å². The number of amides is 1. The number of carbonyl (C=O) groups is 1. The van der Waals surface area contributed by atoms with Gasteiger partial charge in [0.25, 0.3) is 5.91 Å². The molecule has 78 valence electrons. The van der Waals surface area contributed by atoms with E-state index in [0.717, 1.165) is 5.56 Å². The van der Waals surface area contributed by atoms with Crippen LogP contribution in [0.25, 0.3) is 0 Å². The van der Waals surface area contributed by atoms with Crippen LogP contribution < -0.4 is 5.73 Å². The van der Waals surface area contributed by atoms with Crippen molar-refractivity contribution in [2.45, 2.75) is 26.2 Å². The molecule has 0 fully saturated rings. The summed E-state index contributed by atoms with van der Waals surface area (Å²) in [6, 6.07) is 7.84. The lowest BCUT2D eigenvalue weighted by molar-refractivity contribution is -0.112. The summed E-state index contributed by atoms with van der Waals surface area (Å²) < 4.78 is 0. The molecule has 0 aliphatic rings. The molecule has 1 aromatic rings. The molecule has 0 unspecified atom stereocenters. The van der Waals surface area contributed by atoms with Gasteiger partial charge in [-0.15, -0.1) is 0 Å². The first-order valence-electron chi connectivity index (χ1n) is 4.81. The predicted molar refractivity (Wildman–Crippen MR) is 61.2 cm³/mol. The van der Waals surface area contributed by atoms with Gasteiger partial charge in [-0.05, 0) is 29.0 Å². The van der Waals surface area contributed by atoms with E-state index in [2.05, 4.69) is 38.7 Å². The van der Waals surface area contributed by atoms with E-state index < -0.39 is 5.91 Å². The molecule has 0 spiro atoms. The molecule has 15 heavy (non-hydrogen) atoms. The molecule has 0 saturated carbocycles. The van der Waals surface area contributed by atoms with Crippen LogP contribution in [-0.2, 0) is 10.2 Å². The van der Waals surface area contributed by atoms with Crippen molar-refractivity contribution < 1.29 is 4.79 Å². The summed E-state index contributed by atoms with van der Waals surface area (Å²) >= 11 is 0. The van der Waals surface area contributed by atoms with Gasteiger partial charge in [0.15, 0.2) is 0 Å². The Labute approximate surface area is 90.5 Å². The molecule has 0 heterocycles. The van der Waals surface area contributed by atoms with Crippen LogP contribution in [0.2, 0.25) is 0 Å². The van der Waals surface area contributed by atoms with Gasteiger partial charge in [-0.25, -0.2) is 0 Å². The molecule has 2 nitrogen and oxygen atoms in total. The number of nitrogens with two attached hydrogens (primary N) is 1. The number of rotatable bonds is 0. The highest BCUT2D eigenvalue weighted by atomic mass is 16.1. The molecule has 2 N–H and O–H groups in total. The zero-order valence-corrected chi connectivity index (χ0v) is 9.29. The normalized spacial score (nSPS) is 10.3. The van der Waals surface area contributed by atoms with E-state index in [-0.39, 0.29) is 5.41 Å². The summed E-state index contributed by atoms with van der Waals surface area (Å²) in [4.78, 5) is 10.5. The van der Waals surface area contributed by atoms with Gasteiger partial charge in [-0.1, -0.05) is 38.8 Å². The largest absolute Gasteiger partial charge is 0.359 e. The number of carbonyl (C=O) groups excluding carboxylic acids is 1. The van der Waals surface area contributed by atoms with Gasteiger partial charge in [0.05, 0.1) is 0 Å². The smallest absolute Gasteiger partial charge is 0.293 e. The van der Waals surface area contributed by atoms with Gasteiger partial charge in [0, 0.05) is 5.56 Å². The summed E-state index contributed by atoms with van der Waals surface area (Å²) in [6.07, 6.45) is 0. The Balaban J connectivity index is 3.05. The minimum Gasteiger partial charge on any atom is -0.359 e. The van der Waals surface area contributed by atoms with Crippen molar-refractivity contribution in [1.82, 2.24) is 0 Å². The Bertz CT molecular complexity index is 430. The second-order valence-electron chi connectivity index (χ2n) is 4.45. The van der Waals surface area contributed by atoms with Crippen LogP contribution in [0.3, 0.4) is 0 Å². The molecule has 1 amide bonds. The van der Waals surface area contributed by atoms with Gasteiger partial charge < -0.3 is 5.73 Å². The molecule has 0 aliphatic heterocycles. The molecular weight excluding hydrogens is 186 g/mol. The van der Waals surface area contributed by atoms with E-state index in [1.54, 1.807) is 0 Å². The molecular formula is C13H15NO. The highest BCUT2D eigenvalue weighted by Gasteiger charge is 2.12. The zero-order chi connectivity index (χ0) is 11.5. The Hall–Kier alpha value is -1.75. The van der Waals surface area contributed by atoms with E-state index in [4.69, 9.17) is 5.73 Å². The fraction of sp³-hybridized carbons (Fsp3) is 0.308. The maximum Gasteiger partial charge on any atom is 0.293 e. The van der Waals surface area contributed by atoms with E-state index in [0.29, 0.717) is 0 Å². The zero-order valence-electron chi connectivity index (χ0n) is 9.29. The Morgan fingerprint density at radius 3 is 2.53 bits per heavy atom. The summed E-state index contributed by atoms with van der Waals surface area (Å²) in [6.45, 7) is 6.40. The minimum atomic E-state index is -0.601. The number of hydrogen-bond donors (Lipinski definition) is 1. The Morgan fingerprint density at radius 1 is 1.33 bits per heavy atom. The summed E-state index contributed by atoms with van der Waals surface area (Å²) in [5.41, 5.74) is 7.05. The molecule has 0 atom stereocenters. The SMILES string of the molecule is CC(C)(C)c1cccc(C#CC(N)=O)c1. The average molecular weight is 201 g/mol. The maximum atomic E-state index is 10.5. The topological polar surface area (TPSA) is 43.1 Å². The van der Waals surface area contributed by atoms with Crippen LogP contribution in [0.4, 0.5) is 0 Å².